The van der Waals surface area contributed by atoms with Crippen LogP contribution in [0.25, 0.3) is 0 Å². The van der Waals surface area contributed by atoms with Crippen LogP contribution >= 0.6 is 0 Å². The highest BCUT2D eigenvalue weighted by Gasteiger charge is 2.28. The summed E-state index contributed by atoms with van der Waals surface area (Å²) in [5.41, 5.74) is 1.78. The van der Waals surface area contributed by atoms with Gasteiger partial charge in [0.2, 0.25) is 11.8 Å². The van der Waals surface area contributed by atoms with E-state index < -0.39 is 12.0 Å². The average molecular weight is 276 g/mol. The van der Waals surface area contributed by atoms with Crippen molar-refractivity contribution in [2.45, 2.75) is 26.3 Å². The van der Waals surface area contributed by atoms with Crippen LogP contribution in [-0.2, 0) is 16.0 Å². The zero-order chi connectivity index (χ0) is 14.9. The minimum Gasteiger partial charge on any atom is -0.478 e. The molecule has 1 aromatic carbocycles. The van der Waals surface area contributed by atoms with Gasteiger partial charge >= 0.3 is 5.97 Å². The van der Waals surface area contributed by atoms with Gasteiger partial charge in [0, 0.05) is 19.2 Å². The maximum absolute atomic E-state index is 12.3. The van der Waals surface area contributed by atoms with Gasteiger partial charge in [0.25, 0.3) is 0 Å². The first-order chi connectivity index (χ1) is 9.40. The molecule has 1 heterocycles. The molecule has 2 N–H and O–H groups in total. The van der Waals surface area contributed by atoms with E-state index >= 15 is 0 Å². The van der Waals surface area contributed by atoms with Gasteiger partial charge in [-0.05, 0) is 37.1 Å². The number of nitrogens with zero attached hydrogens (tertiary/aromatic N) is 1. The molecule has 0 saturated carbocycles. The summed E-state index contributed by atoms with van der Waals surface area (Å²) < 4.78 is 0. The molecule has 0 aromatic heterocycles. The van der Waals surface area contributed by atoms with Gasteiger partial charge in [-0.1, -0.05) is 0 Å². The number of carboxylic acid groups (broad SMARTS) is 1. The van der Waals surface area contributed by atoms with Crippen molar-refractivity contribution >= 4 is 23.5 Å². The monoisotopic (exact) mass is 276 g/mol. The maximum atomic E-state index is 12.3. The van der Waals surface area contributed by atoms with Crippen molar-refractivity contribution in [3.63, 3.8) is 0 Å². The standard InChI is InChI=1S/C14H16N2O4/c1-8(15-9(2)17)13(18)16-6-5-10-7-11(14(19)20)3-4-12(10)16/h3-4,7-8H,5-6H2,1-2H3,(H,15,17)(H,19,20). The Morgan fingerprint density at radius 3 is 2.65 bits per heavy atom. The van der Waals surface area contributed by atoms with Crippen molar-refractivity contribution in [1.29, 1.82) is 0 Å². The van der Waals surface area contributed by atoms with Crippen LogP contribution in [0.2, 0.25) is 0 Å². The fraction of sp³-hybridized carbons (Fsp3) is 0.357. The molecule has 0 aliphatic carbocycles. The number of fused-ring (bicyclic) bond motifs is 1. The normalized spacial score (nSPS) is 14.6. The first-order valence-electron chi connectivity index (χ1n) is 6.35. The third-order valence-electron chi connectivity index (χ3n) is 3.28. The summed E-state index contributed by atoms with van der Waals surface area (Å²) in [6.07, 6.45) is 0.620. The quantitative estimate of drug-likeness (QED) is 0.855. The summed E-state index contributed by atoms with van der Waals surface area (Å²) in [7, 11) is 0. The summed E-state index contributed by atoms with van der Waals surface area (Å²) in [5.74, 6) is -1.43. The summed E-state index contributed by atoms with van der Waals surface area (Å²) in [5, 5.41) is 11.5. The largest absolute Gasteiger partial charge is 0.478 e. The molecule has 1 unspecified atom stereocenters. The molecule has 20 heavy (non-hydrogen) atoms. The van der Waals surface area contributed by atoms with E-state index in [2.05, 4.69) is 5.32 Å². The van der Waals surface area contributed by atoms with Crippen molar-refractivity contribution in [2.75, 3.05) is 11.4 Å². The number of carbonyl (C=O) groups is 3. The number of hydrogen-bond donors (Lipinski definition) is 2. The minimum absolute atomic E-state index is 0.193. The number of carbonyl (C=O) groups excluding carboxylic acids is 2. The molecular formula is C14H16N2O4. The Labute approximate surface area is 116 Å². The van der Waals surface area contributed by atoms with E-state index in [4.69, 9.17) is 5.11 Å². The zero-order valence-electron chi connectivity index (χ0n) is 11.3. The SMILES string of the molecule is CC(=O)NC(C)C(=O)N1CCc2cc(C(=O)O)ccc21. The number of hydrogen-bond acceptors (Lipinski definition) is 3. The molecule has 0 bridgehead atoms. The van der Waals surface area contributed by atoms with Crippen LogP contribution in [0.15, 0.2) is 18.2 Å². The van der Waals surface area contributed by atoms with Crippen molar-refractivity contribution in [2.24, 2.45) is 0 Å². The number of anilines is 1. The summed E-state index contributed by atoms with van der Waals surface area (Å²) in [4.78, 5) is 35.8. The molecule has 1 aromatic rings. The highest BCUT2D eigenvalue weighted by Crippen LogP contribution is 2.29. The van der Waals surface area contributed by atoms with E-state index in [1.54, 1.807) is 24.0 Å². The third kappa shape index (κ3) is 2.64. The lowest BCUT2D eigenvalue weighted by Crippen LogP contribution is -2.45. The zero-order valence-corrected chi connectivity index (χ0v) is 11.3. The van der Waals surface area contributed by atoms with E-state index in [9.17, 15) is 14.4 Å². The van der Waals surface area contributed by atoms with Crippen molar-refractivity contribution in [3.8, 4) is 0 Å². The number of amides is 2. The Morgan fingerprint density at radius 2 is 2.05 bits per heavy atom. The predicted molar refractivity (Wildman–Crippen MR) is 72.7 cm³/mol. The maximum Gasteiger partial charge on any atom is 0.335 e. The molecule has 0 radical (unpaired) electrons. The minimum atomic E-state index is -0.982. The number of benzene rings is 1. The van der Waals surface area contributed by atoms with Crippen LogP contribution in [-0.4, -0.2) is 35.5 Å². The molecule has 2 rings (SSSR count). The Balaban J connectivity index is 2.21. The molecule has 106 valence electrons. The molecule has 1 atom stereocenters. The number of carboxylic acids is 1. The molecule has 2 amide bonds. The Bertz CT molecular complexity index is 583. The lowest BCUT2D eigenvalue weighted by atomic mass is 10.1. The summed E-state index contributed by atoms with van der Waals surface area (Å²) >= 11 is 0. The van der Waals surface area contributed by atoms with Gasteiger partial charge < -0.3 is 15.3 Å². The van der Waals surface area contributed by atoms with Crippen LogP contribution < -0.4 is 10.2 Å². The van der Waals surface area contributed by atoms with Gasteiger partial charge in [0.05, 0.1) is 5.56 Å². The third-order valence-corrected chi connectivity index (χ3v) is 3.28. The van der Waals surface area contributed by atoms with E-state index in [-0.39, 0.29) is 17.4 Å². The number of nitrogens with one attached hydrogen (secondary N) is 1. The lowest BCUT2D eigenvalue weighted by molar-refractivity contribution is -0.126. The predicted octanol–water partition coefficient (Wildman–Crippen LogP) is 0.798. The second-order valence-corrected chi connectivity index (χ2v) is 4.81. The van der Waals surface area contributed by atoms with Crippen molar-refractivity contribution < 1.29 is 19.5 Å². The Hall–Kier alpha value is -2.37. The van der Waals surface area contributed by atoms with Crippen LogP contribution in [0, 0.1) is 0 Å². The van der Waals surface area contributed by atoms with Crippen LogP contribution in [0.4, 0.5) is 5.69 Å². The number of aromatic carboxylic acids is 1. The number of rotatable bonds is 3. The van der Waals surface area contributed by atoms with Crippen LogP contribution in [0.5, 0.6) is 0 Å². The topological polar surface area (TPSA) is 86.7 Å². The van der Waals surface area contributed by atoms with Gasteiger partial charge in [-0.2, -0.15) is 0 Å². The second-order valence-electron chi connectivity index (χ2n) is 4.81. The molecule has 1 aliphatic heterocycles. The average Bonchev–Trinajstić information content (AvgIpc) is 2.79. The smallest absolute Gasteiger partial charge is 0.335 e. The molecule has 0 spiro atoms. The highest BCUT2D eigenvalue weighted by atomic mass is 16.4. The first kappa shape index (κ1) is 14.0. The molecular weight excluding hydrogens is 260 g/mol. The lowest BCUT2D eigenvalue weighted by Gasteiger charge is -2.22. The molecule has 0 saturated heterocycles. The van der Waals surface area contributed by atoms with Crippen LogP contribution in [0.3, 0.4) is 0 Å². The van der Waals surface area contributed by atoms with Gasteiger partial charge in [-0.3, -0.25) is 9.59 Å². The Morgan fingerprint density at radius 1 is 1.35 bits per heavy atom. The van der Waals surface area contributed by atoms with Crippen LogP contribution in [0.1, 0.15) is 29.8 Å². The van der Waals surface area contributed by atoms with E-state index in [1.807, 2.05) is 0 Å². The highest BCUT2D eigenvalue weighted by molar-refractivity contribution is 6.01. The van der Waals surface area contributed by atoms with Gasteiger partial charge in [0.15, 0.2) is 0 Å². The molecule has 6 heteroatoms. The summed E-state index contributed by atoms with van der Waals surface area (Å²) in [6, 6.07) is 4.12. The summed E-state index contributed by atoms with van der Waals surface area (Å²) in [6.45, 7) is 3.50. The second kappa shape index (κ2) is 5.32. The van der Waals surface area contributed by atoms with Gasteiger partial charge in [-0.15, -0.1) is 0 Å². The Kier molecular flexibility index (Phi) is 3.74. The van der Waals surface area contributed by atoms with E-state index in [0.29, 0.717) is 13.0 Å². The van der Waals surface area contributed by atoms with Crippen molar-refractivity contribution in [1.82, 2.24) is 5.32 Å². The van der Waals surface area contributed by atoms with Gasteiger partial charge in [0.1, 0.15) is 6.04 Å². The van der Waals surface area contributed by atoms with E-state index in [0.717, 1.165) is 11.3 Å². The molecule has 6 nitrogen and oxygen atoms in total. The molecule has 0 fully saturated rings. The first-order valence-corrected chi connectivity index (χ1v) is 6.35. The fourth-order valence-corrected chi connectivity index (χ4v) is 2.36. The molecule has 1 aliphatic rings. The van der Waals surface area contributed by atoms with Gasteiger partial charge in [-0.25, -0.2) is 4.79 Å². The van der Waals surface area contributed by atoms with Crippen molar-refractivity contribution in [3.05, 3.63) is 29.3 Å². The van der Waals surface area contributed by atoms with E-state index in [1.165, 1.54) is 13.0 Å². The fourth-order valence-electron chi connectivity index (χ4n) is 2.36.